The van der Waals surface area contributed by atoms with E-state index >= 15 is 0 Å². The molecule has 1 aromatic rings. The van der Waals surface area contributed by atoms with Gasteiger partial charge < -0.3 is 4.74 Å². The van der Waals surface area contributed by atoms with Crippen LogP contribution in [0, 0.1) is 5.41 Å². The molecule has 0 aromatic heterocycles. The molecule has 0 aliphatic heterocycles. The van der Waals surface area contributed by atoms with Crippen LogP contribution in [-0.2, 0) is 14.3 Å². The third kappa shape index (κ3) is 3.29. The molecular weight excluding hydrogens is 228 g/mol. The highest BCUT2D eigenvalue weighted by molar-refractivity contribution is 6.02. The summed E-state index contributed by atoms with van der Waals surface area (Å²) in [6, 6.07) is 9.72. The summed E-state index contributed by atoms with van der Waals surface area (Å²) in [5.74, 6) is -0.681. The van der Waals surface area contributed by atoms with E-state index in [9.17, 15) is 9.59 Å². The van der Waals surface area contributed by atoms with Crippen LogP contribution in [0.2, 0.25) is 0 Å². The van der Waals surface area contributed by atoms with E-state index in [1.165, 1.54) is 14.0 Å². The van der Waals surface area contributed by atoms with Crippen molar-refractivity contribution in [2.75, 3.05) is 7.11 Å². The Bertz CT molecular complexity index is 448. The number of hydrogen-bond acceptors (Lipinski definition) is 3. The average Bonchev–Trinajstić information content (AvgIpc) is 2.38. The van der Waals surface area contributed by atoms with Gasteiger partial charge in [0.2, 0.25) is 0 Å². The second kappa shape index (κ2) is 6.15. The second-order valence-electron chi connectivity index (χ2n) is 4.40. The van der Waals surface area contributed by atoms with Crippen LogP contribution in [0.5, 0.6) is 0 Å². The minimum atomic E-state index is -1.10. The first-order valence-electron chi connectivity index (χ1n) is 5.82. The molecule has 1 aromatic carbocycles. The molecule has 0 radical (unpaired) electrons. The van der Waals surface area contributed by atoms with Crippen molar-refractivity contribution >= 4 is 17.8 Å². The summed E-state index contributed by atoms with van der Waals surface area (Å²) in [6.45, 7) is 3.02. The van der Waals surface area contributed by atoms with E-state index < -0.39 is 11.4 Å². The van der Waals surface area contributed by atoms with Crippen LogP contribution >= 0.6 is 0 Å². The Labute approximate surface area is 107 Å². The fraction of sp³-hybridized carbons (Fsp3) is 0.333. The molecule has 0 spiro atoms. The van der Waals surface area contributed by atoms with E-state index in [-0.39, 0.29) is 5.78 Å². The lowest BCUT2D eigenvalue weighted by Crippen LogP contribution is -2.35. The zero-order chi connectivity index (χ0) is 13.6. The Morgan fingerprint density at radius 1 is 1.28 bits per heavy atom. The van der Waals surface area contributed by atoms with Crippen LogP contribution in [0.3, 0.4) is 0 Å². The maximum absolute atomic E-state index is 11.6. The molecule has 3 nitrogen and oxygen atoms in total. The average molecular weight is 246 g/mol. The summed E-state index contributed by atoms with van der Waals surface area (Å²) < 4.78 is 4.69. The zero-order valence-electron chi connectivity index (χ0n) is 11.0. The molecule has 1 rings (SSSR count). The van der Waals surface area contributed by atoms with Crippen molar-refractivity contribution in [3.63, 3.8) is 0 Å². The number of carbonyl (C=O) groups is 2. The van der Waals surface area contributed by atoms with E-state index in [0.29, 0.717) is 6.42 Å². The molecular formula is C15H18O3. The van der Waals surface area contributed by atoms with Gasteiger partial charge in [-0.05, 0) is 25.8 Å². The SMILES string of the molecule is COC(=O)[C@@](C)(C/C=C/c1ccccc1)C(C)=O. The number of allylic oxidation sites excluding steroid dienone is 1. The van der Waals surface area contributed by atoms with Gasteiger partial charge in [-0.25, -0.2) is 0 Å². The molecule has 0 saturated heterocycles. The Kier molecular flexibility index (Phi) is 4.84. The number of Topliss-reactive ketones (excluding diaryl/α,β-unsaturated/α-hetero) is 1. The van der Waals surface area contributed by atoms with E-state index in [1.54, 1.807) is 6.92 Å². The van der Waals surface area contributed by atoms with Gasteiger partial charge in [0, 0.05) is 0 Å². The quantitative estimate of drug-likeness (QED) is 0.592. The molecule has 0 amide bonds. The largest absolute Gasteiger partial charge is 0.468 e. The van der Waals surface area contributed by atoms with Crippen LogP contribution in [0.1, 0.15) is 25.8 Å². The molecule has 0 aliphatic rings. The highest BCUT2D eigenvalue weighted by Crippen LogP contribution is 2.25. The number of hydrogen-bond donors (Lipinski definition) is 0. The molecule has 0 fully saturated rings. The second-order valence-corrected chi connectivity index (χ2v) is 4.40. The van der Waals surface area contributed by atoms with Gasteiger partial charge in [0.05, 0.1) is 7.11 Å². The molecule has 1 atom stereocenters. The monoisotopic (exact) mass is 246 g/mol. The van der Waals surface area contributed by atoms with Crippen molar-refractivity contribution in [3.8, 4) is 0 Å². The van der Waals surface area contributed by atoms with Crippen molar-refractivity contribution < 1.29 is 14.3 Å². The number of esters is 1. The van der Waals surface area contributed by atoms with Gasteiger partial charge in [0.1, 0.15) is 11.2 Å². The van der Waals surface area contributed by atoms with Gasteiger partial charge in [-0.1, -0.05) is 42.5 Å². The Balaban J connectivity index is 2.78. The Morgan fingerprint density at radius 3 is 2.39 bits per heavy atom. The van der Waals surface area contributed by atoms with Gasteiger partial charge in [-0.3, -0.25) is 9.59 Å². The minimum Gasteiger partial charge on any atom is -0.468 e. The van der Waals surface area contributed by atoms with Gasteiger partial charge in [0.25, 0.3) is 0 Å². The first-order chi connectivity index (χ1) is 8.50. The molecule has 0 aliphatic carbocycles. The van der Waals surface area contributed by atoms with Crippen molar-refractivity contribution in [1.29, 1.82) is 0 Å². The lowest BCUT2D eigenvalue weighted by Gasteiger charge is -2.21. The topological polar surface area (TPSA) is 43.4 Å². The fourth-order valence-corrected chi connectivity index (χ4v) is 1.59. The van der Waals surface area contributed by atoms with Crippen LogP contribution in [0.25, 0.3) is 6.08 Å². The van der Waals surface area contributed by atoms with Crippen LogP contribution in [0.15, 0.2) is 36.4 Å². The number of ether oxygens (including phenoxy) is 1. The summed E-state index contributed by atoms with van der Waals surface area (Å²) in [7, 11) is 1.30. The third-order valence-electron chi connectivity index (χ3n) is 3.05. The molecule has 0 N–H and O–H groups in total. The number of benzene rings is 1. The molecule has 0 heterocycles. The van der Waals surface area contributed by atoms with Gasteiger partial charge in [-0.2, -0.15) is 0 Å². The maximum atomic E-state index is 11.6. The summed E-state index contributed by atoms with van der Waals surface area (Å²) in [5.41, 5.74) is -0.0618. The van der Waals surface area contributed by atoms with Crippen molar-refractivity contribution in [3.05, 3.63) is 42.0 Å². The van der Waals surface area contributed by atoms with E-state index in [2.05, 4.69) is 4.74 Å². The predicted octanol–water partition coefficient (Wildman–Crippen LogP) is 2.86. The van der Waals surface area contributed by atoms with Crippen molar-refractivity contribution in [1.82, 2.24) is 0 Å². The van der Waals surface area contributed by atoms with E-state index in [4.69, 9.17) is 0 Å². The maximum Gasteiger partial charge on any atom is 0.319 e. The fourth-order valence-electron chi connectivity index (χ4n) is 1.59. The molecule has 96 valence electrons. The first-order valence-corrected chi connectivity index (χ1v) is 5.82. The number of methoxy groups -OCH3 is 1. The number of carbonyl (C=O) groups excluding carboxylic acids is 2. The highest BCUT2D eigenvalue weighted by Gasteiger charge is 2.38. The summed E-state index contributed by atoms with van der Waals surface area (Å²) >= 11 is 0. The van der Waals surface area contributed by atoms with Crippen LogP contribution < -0.4 is 0 Å². The zero-order valence-corrected chi connectivity index (χ0v) is 11.0. The highest BCUT2D eigenvalue weighted by atomic mass is 16.5. The van der Waals surface area contributed by atoms with Crippen LogP contribution in [0.4, 0.5) is 0 Å². The molecule has 3 heteroatoms. The van der Waals surface area contributed by atoms with Gasteiger partial charge >= 0.3 is 5.97 Å². The Hall–Kier alpha value is -1.90. The first kappa shape index (κ1) is 14.2. The van der Waals surface area contributed by atoms with Crippen LogP contribution in [-0.4, -0.2) is 18.9 Å². The lowest BCUT2D eigenvalue weighted by molar-refractivity contribution is -0.156. The predicted molar refractivity (Wildman–Crippen MR) is 70.9 cm³/mol. The summed E-state index contributed by atoms with van der Waals surface area (Å²) in [5, 5.41) is 0. The standard InChI is InChI=1S/C15H18O3/c1-12(16)15(2,14(17)18-3)11-7-10-13-8-5-4-6-9-13/h4-10H,11H2,1-3H3/b10-7+/t15-/m0/s1. The normalized spacial score (nSPS) is 14.2. The lowest BCUT2D eigenvalue weighted by atomic mass is 9.82. The van der Waals surface area contributed by atoms with Crippen molar-refractivity contribution in [2.45, 2.75) is 20.3 Å². The molecule has 0 unspecified atom stereocenters. The summed E-state index contributed by atoms with van der Waals surface area (Å²) in [6.07, 6.45) is 4.06. The molecule has 0 bridgehead atoms. The van der Waals surface area contributed by atoms with Gasteiger partial charge in [0.15, 0.2) is 0 Å². The summed E-state index contributed by atoms with van der Waals surface area (Å²) in [4.78, 5) is 23.2. The van der Waals surface area contributed by atoms with Gasteiger partial charge in [-0.15, -0.1) is 0 Å². The Morgan fingerprint density at radius 2 is 1.89 bits per heavy atom. The molecule has 0 saturated carbocycles. The van der Waals surface area contributed by atoms with E-state index in [1.807, 2.05) is 42.5 Å². The minimum absolute atomic E-state index is 0.188. The number of rotatable bonds is 5. The van der Waals surface area contributed by atoms with E-state index in [0.717, 1.165) is 5.56 Å². The van der Waals surface area contributed by atoms with Crippen molar-refractivity contribution in [2.24, 2.45) is 5.41 Å². The third-order valence-corrected chi connectivity index (χ3v) is 3.05. The smallest absolute Gasteiger partial charge is 0.319 e. The number of ketones is 1. The molecule has 18 heavy (non-hydrogen) atoms.